The van der Waals surface area contributed by atoms with Gasteiger partial charge in [0.1, 0.15) is 11.5 Å². The van der Waals surface area contributed by atoms with Gasteiger partial charge in [0.05, 0.1) is 6.54 Å². The van der Waals surface area contributed by atoms with Crippen LogP contribution in [-0.4, -0.2) is 24.9 Å². The summed E-state index contributed by atoms with van der Waals surface area (Å²) in [7, 11) is 0. The third-order valence-electron chi connectivity index (χ3n) is 4.57. The monoisotopic (exact) mass is 352 g/mol. The van der Waals surface area contributed by atoms with Crippen LogP contribution in [0.15, 0.2) is 54.6 Å². The summed E-state index contributed by atoms with van der Waals surface area (Å²) in [5.41, 5.74) is 0.494. The van der Waals surface area contributed by atoms with Gasteiger partial charge in [-0.1, -0.05) is 31.0 Å². The van der Waals surface area contributed by atoms with Crippen molar-refractivity contribution in [3.63, 3.8) is 0 Å². The SMILES string of the molecule is O=C(CNC(=O)c1ccc(Oc2ccccc2)cc1)NCC1CCCC1. The Morgan fingerprint density at radius 2 is 1.54 bits per heavy atom. The van der Waals surface area contributed by atoms with Gasteiger partial charge in [-0.25, -0.2) is 0 Å². The number of amides is 2. The molecule has 0 saturated heterocycles. The molecule has 0 aliphatic heterocycles. The van der Waals surface area contributed by atoms with Crippen LogP contribution >= 0.6 is 0 Å². The van der Waals surface area contributed by atoms with E-state index in [0.717, 1.165) is 5.75 Å². The number of para-hydroxylation sites is 1. The standard InChI is InChI=1S/C21H24N2O3/c24-20(22-14-16-6-4-5-7-16)15-23-21(25)17-10-12-19(13-11-17)26-18-8-2-1-3-9-18/h1-3,8-13,16H,4-7,14-15H2,(H,22,24)(H,23,25). The van der Waals surface area contributed by atoms with E-state index in [1.165, 1.54) is 25.7 Å². The van der Waals surface area contributed by atoms with Gasteiger partial charge < -0.3 is 15.4 Å². The first-order valence-corrected chi connectivity index (χ1v) is 9.08. The van der Waals surface area contributed by atoms with E-state index >= 15 is 0 Å². The van der Waals surface area contributed by atoms with Crippen molar-refractivity contribution < 1.29 is 14.3 Å². The highest BCUT2D eigenvalue weighted by molar-refractivity contribution is 5.96. The topological polar surface area (TPSA) is 67.4 Å². The maximum absolute atomic E-state index is 12.1. The Kier molecular flexibility index (Phi) is 6.25. The molecule has 2 N–H and O–H groups in total. The average Bonchev–Trinajstić information content (AvgIpc) is 3.19. The summed E-state index contributed by atoms with van der Waals surface area (Å²) < 4.78 is 5.70. The molecule has 1 saturated carbocycles. The summed E-state index contributed by atoms with van der Waals surface area (Å²) in [5.74, 6) is 1.57. The maximum Gasteiger partial charge on any atom is 0.251 e. The molecule has 3 rings (SSSR count). The fraction of sp³-hybridized carbons (Fsp3) is 0.333. The highest BCUT2D eigenvalue weighted by Gasteiger charge is 2.16. The van der Waals surface area contributed by atoms with Crippen molar-refractivity contribution >= 4 is 11.8 Å². The van der Waals surface area contributed by atoms with Crippen LogP contribution in [0.2, 0.25) is 0 Å². The number of hydrogen-bond acceptors (Lipinski definition) is 3. The van der Waals surface area contributed by atoms with E-state index in [1.54, 1.807) is 24.3 Å². The Morgan fingerprint density at radius 3 is 2.23 bits per heavy atom. The number of hydrogen-bond donors (Lipinski definition) is 2. The zero-order valence-electron chi connectivity index (χ0n) is 14.7. The quantitative estimate of drug-likeness (QED) is 0.801. The molecule has 1 aliphatic carbocycles. The molecule has 0 bridgehead atoms. The molecule has 0 spiro atoms. The second-order valence-corrected chi connectivity index (χ2v) is 6.58. The van der Waals surface area contributed by atoms with E-state index in [0.29, 0.717) is 23.8 Å². The lowest BCUT2D eigenvalue weighted by Crippen LogP contribution is -2.38. The van der Waals surface area contributed by atoms with Gasteiger partial charge in [-0.15, -0.1) is 0 Å². The maximum atomic E-state index is 12.1. The highest BCUT2D eigenvalue weighted by atomic mass is 16.5. The predicted molar refractivity (Wildman–Crippen MR) is 100 cm³/mol. The van der Waals surface area contributed by atoms with Gasteiger partial charge in [0, 0.05) is 12.1 Å². The summed E-state index contributed by atoms with van der Waals surface area (Å²) in [6.07, 6.45) is 4.87. The van der Waals surface area contributed by atoms with Crippen molar-refractivity contribution in [1.82, 2.24) is 10.6 Å². The molecule has 0 atom stereocenters. The van der Waals surface area contributed by atoms with Crippen LogP contribution in [0.1, 0.15) is 36.0 Å². The van der Waals surface area contributed by atoms with E-state index in [9.17, 15) is 9.59 Å². The minimum atomic E-state index is -0.271. The van der Waals surface area contributed by atoms with Gasteiger partial charge in [-0.2, -0.15) is 0 Å². The Morgan fingerprint density at radius 1 is 0.885 bits per heavy atom. The normalized spacial score (nSPS) is 14.0. The number of benzene rings is 2. The van der Waals surface area contributed by atoms with Crippen LogP contribution < -0.4 is 15.4 Å². The van der Waals surface area contributed by atoms with Gasteiger partial charge >= 0.3 is 0 Å². The second kappa shape index (κ2) is 9.04. The molecule has 5 heteroatoms. The number of nitrogens with one attached hydrogen (secondary N) is 2. The van der Waals surface area contributed by atoms with Crippen LogP contribution in [-0.2, 0) is 4.79 Å². The van der Waals surface area contributed by atoms with Gasteiger partial charge in [-0.05, 0) is 55.2 Å². The average molecular weight is 352 g/mol. The summed E-state index contributed by atoms with van der Waals surface area (Å²) in [5, 5.41) is 5.55. The van der Waals surface area contributed by atoms with E-state index in [4.69, 9.17) is 4.74 Å². The van der Waals surface area contributed by atoms with E-state index in [1.807, 2.05) is 30.3 Å². The molecule has 0 heterocycles. The minimum absolute atomic E-state index is 0.00613. The third kappa shape index (κ3) is 5.34. The van der Waals surface area contributed by atoms with Crippen molar-refractivity contribution in [2.24, 2.45) is 5.92 Å². The summed E-state index contributed by atoms with van der Waals surface area (Å²) in [6, 6.07) is 16.3. The van der Waals surface area contributed by atoms with Gasteiger partial charge in [0.25, 0.3) is 5.91 Å². The third-order valence-corrected chi connectivity index (χ3v) is 4.57. The number of rotatable bonds is 7. The van der Waals surface area contributed by atoms with Crippen molar-refractivity contribution in [3.05, 3.63) is 60.2 Å². The smallest absolute Gasteiger partial charge is 0.251 e. The number of carbonyl (C=O) groups excluding carboxylic acids is 2. The van der Waals surface area contributed by atoms with E-state index < -0.39 is 0 Å². The fourth-order valence-electron chi connectivity index (χ4n) is 3.10. The Labute approximate surface area is 153 Å². The highest BCUT2D eigenvalue weighted by Crippen LogP contribution is 2.23. The first kappa shape index (κ1) is 18.0. The molecule has 0 radical (unpaired) electrons. The van der Waals surface area contributed by atoms with E-state index in [-0.39, 0.29) is 18.4 Å². The molecule has 5 nitrogen and oxygen atoms in total. The first-order valence-electron chi connectivity index (χ1n) is 9.08. The van der Waals surface area contributed by atoms with Crippen molar-refractivity contribution in [2.75, 3.05) is 13.1 Å². The molecule has 0 aromatic heterocycles. The molecule has 26 heavy (non-hydrogen) atoms. The Balaban J connectivity index is 1.43. The summed E-state index contributed by atoms with van der Waals surface area (Å²) in [4.78, 5) is 24.0. The van der Waals surface area contributed by atoms with E-state index in [2.05, 4.69) is 10.6 Å². The molecule has 2 aromatic rings. The van der Waals surface area contributed by atoms with Gasteiger partial charge in [-0.3, -0.25) is 9.59 Å². The number of ether oxygens (including phenoxy) is 1. The Bertz CT molecular complexity index is 723. The predicted octanol–water partition coefficient (Wildman–Crippen LogP) is 3.52. The molecule has 136 valence electrons. The van der Waals surface area contributed by atoms with Crippen LogP contribution in [0.5, 0.6) is 11.5 Å². The van der Waals surface area contributed by atoms with Crippen molar-refractivity contribution in [2.45, 2.75) is 25.7 Å². The number of carbonyl (C=O) groups is 2. The zero-order chi connectivity index (χ0) is 18.2. The minimum Gasteiger partial charge on any atom is -0.457 e. The van der Waals surface area contributed by atoms with Gasteiger partial charge in [0.2, 0.25) is 5.91 Å². The summed E-state index contributed by atoms with van der Waals surface area (Å²) in [6.45, 7) is 0.702. The Hall–Kier alpha value is -2.82. The molecule has 1 aliphatic rings. The lowest BCUT2D eigenvalue weighted by molar-refractivity contribution is -0.120. The fourth-order valence-corrected chi connectivity index (χ4v) is 3.10. The van der Waals surface area contributed by atoms with Crippen LogP contribution in [0.3, 0.4) is 0 Å². The second-order valence-electron chi connectivity index (χ2n) is 6.58. The molecule has 1 fully saturated rings. The lowest BCUT2D eigenvalue weighted by Gasteiger charge is -2.11. The van der Waals surface area contributed by atoms with Crippen molar-refractivity contribution in [3.8, 4) is 11.5 Å². The van der Waals surface area contributed by atoms with Gasteiger partial charge in [0.15, 0.2) is 0 Å². The van der Waals surface area contributed by atoms with Crippen LogP contribution in [0.25, 0.3) is 0 Å². The van der Waals surface area contributed by atoms with Crippen LogP contribution in [0.4, 0.5) is 0 Å². The molecule has 2 aromatic carbocycles. The molecular formula is C21H24N2O3. The molecular weight excluding hydrogens is 328 g/mol. The lowest BCUT2D eigenvalue weighted by atomic mass is 10.1. The van der Waals surface area contributed by atoms with Crippen molar-refractivity contribution in [1.29, 1.82) is 0 Å². The zero-order valence-corrected chi connectivity index (χ0v) is 14.7. The first-order chi connectivity index (χ1) is 12.7. The van der Waals surface area contributed by atoms with Crippen LogP contribution in [0, 0.1) is 5.92 Å². The molecule has 2 amide bonds. The largest absolute Gasteiger partial charge is 0.457 e. The summed E-state index contributed by atoms with van der Waals surface area (Å²) >= 11 is 0. The molecule has 0 unspecified atom stereocenters.